The molecule has 0 aromatic heterocycles. The Bertz CT molecular complexity index is 134. The number of ether oxygens (including phenoxy) is 1. The Balaban J connectivity index is 3.10. The molecule has 0 rings (SSSR count). The van der Waals surface area contributed by atoms with Crippen molar-refractivity contribution in [2.24, 2.45) is 0 Å². The zero-order chi connectivity index (χ0) is 10.6. The fourth-order valence-corrected chi connectivity index (χ4v) is 0.772. The first-order valence-electron chi connectivity index (χ1n) is 5.36. The third-order valence-electron chi connectivity index (χ3n) is 1.69. The van der Waals surface area contributed by atoms with E-state index >= 15 is 0 Å². The highest BCUT2D eigenvalue weighted by molar-refractivity contribution is 4.80. The molecule has 0 aliphatic heterocycles. The molecule has 3 heteroatoms. The lowest BCUT2D eigenvalue weighted by molar-refractivity contribution is -0.292. The quantitative estimate of drug-likeness (QED) is 0.236. The molecule has 0 aliphatic carbocycles. The molecule has 3 nitrogen and oxygen atoms in total. The maximum Gasteiger partial charge on any atom is 0.139 e. The smallest absolute Gasteiger partial charge is 0.139 e. The van der Waals surface area contributed by atoms with Crippen molar-refractivity contribution in [3.8, 4) is 0 Å². The van der Waals surface area contributed by atoms with Gasteiger partial charge >= 0.3 is 0 Å². The summed E-state index contributed by atoms with van der Waals surface area (Å²) < 4.78 is 5.29. The third kappa shape index (κ3) is 9.55. The first kappa shape index (κ1) is 13.5. The lowest BCUT2D eigenvalue weighted by Gasteiger charge is -2.08. The van der Waals surface area contributed by atoms with Crippen molar-refractivity contribution in [3.05, 3.63) is 12.3 Å². The highest BCUT2D eigenvalue weighted by Gasteiger charge is 1.95. The zero-order valence-electron chi connectivity index (χ0n) is 9.38. The number of hydrogen-bond donors (Lipinski definition) is 0. The van der Waals surface area contributed by atoms with Crippen LogP contribution in [-0.2, 0) is 14.5 Å². The number of unbranched alkanes of at least 4 members (excludes halogenated alkanes) is 2. The first-order valence-corrected chi connectivity index (χ1v) is 5.36. The van der Waals surface area contributed by atoms with E-state index in [1.54, 1.807) is 0 Å². The number of rotatable bonds is 10. The minimum absolute atomic E-state index is 0.327. The molecule has 0 atom stereocenters. The van der Waals surface area contributed by atoms with Crippen LogP contribution in [0.5, 0.6) is 0 Å². The summed E-state index contributed by atoms with van der Waals surface area (Å²) in [6.45, 7) is 9.63. The lowest BCUT2D eigenvalue weighted by Crippen LogP contribution is -2.04. The molecule has 0 aromatic rings. The molecule has 0 saturated heterocycles. The van der Waals surface area contributed by atoms with Crippen molar-refractivity contribution in [3.63, 3.8) is 0 Å². The van der Waals surface area contributed by atoms with Gasteiger partial charge in [0.1, 0.15) is 12.4 Å². The molecular weight excluding hydrogens is 180 g/mol. The Morgan fingerprint density at radius 3 is 2.29 bits per heavy atom. The zero-order valence-corrected chi connectivity index (χ0v) is 9.38. The second kappa shape index (κ2) is 10.5. The van der Waals surface area contributed by atoms with E-state index in [9.17, 15) is 0 Å². The normalized spacial score (nSPS) is 10.1. The molecule has 0 spiro atoms. The molecule has 0 aromatic carbocycles. The summed E-state index contributed by atoms with van der Waals surface area (Å²) >= 11 is 0. The molecular formula is C11H22O3. The van der Waals surface area contributed by atoms with Crippen molar-refractivity contribution < 1.29 is 14.5 Å². The molecule has 0 unspecified atom stereocenters. The van der Waals surface area contributed by atoms with Gasteiger partial charge in [0.15, 0.2) is 0 Å². The molecule has 0 N–H and O–H groups in total. The van der Waals surface area contributed by atoms with E-state index in [1.807, 2.05) is 0 Å². The Hall–Kier alpha value is -0.540. The van der Waals surface area contributed by atoms with Gasteiger partial charge in [0.2, 0.25) is 0 Å². The summed E-state index contributed by atoms with van der Waals surface area (Å²) in [6.07, 6.45) is 4.30. The van der Waals surface area contributed by atoms with Crippen LogP contribution in [0.3, 0.4) is 0 Å². The monoisotopic (exact) mass is 202 g/mol. The average molecular weight is 202 g/mol. The third-order valence-corrected chi connectivity index (χ3v) is 1.69. The number of hydrogen-bond acceptors (Lipinski definition) is 3. The van der Waals surface area contributed by atoms with Crippen LogP contribution in [-0.4, -0.2) is 19.8 Å². The molecule has 0 amide bonds. The Kier molecular flexibility index (Phi) is 10.1. The Labute approximate surface area is 87.0 Å². The van der Waals surface area contributed by atoms with Crippen LogP contribution in [0.1, 0.15) is 39.5 Å². The van der Waals surface area contributed by atoms with E-state index in [4.69, 9.17) is 14.5 Å². The summed E-state index contributed by atoms with van der Waals surface area (Å²) in [5.74, 6) is 0.634. The maximum absolute atomic E-state index is 5.29. The maximum atomic E-state index is 5.29. The van der Waals surface area contributed by atoms with Crippen LogP contribution in [0.15, 0.2) is 12.3 Å². The van der Waals surface area contributed by atoms with Gasteiger partial charge in [-0.05, 0) is 12.8 Å². The first-order chi connectivity index (χ1) is 6.81. The van der Waals surface area contributed by atoms with E-state index in [0.29, 0.717) is 25.6 Å². The van der Waals surface area contributed by atoms with Crippen LogP contribution in [0.4, 0.5) is 0 Å². The predicted octanol–water partition coefficient (Wildman–Crippen LogP) is 3.07. The molecule has 0 heterocycles. The molecule has 0 fully saturated rings. The van der Waals surface area contributed by atoms with Gasteiger partial charge in [-0.3, -0.25) is 0 Å². The minimum Gasteiger partial charge on any atom is -0.496 e. The van der Waals surface area contributed by atoms with Crippen LogP contribution < -0.4 is 0 Å². The van der Waals surface area contributed by atoms with Gasteiger partial charge in [-0.15, -0.1) is 0 Å². The fraction of sp³-hybridized carbons (Fsp3) is 0.818. The van der Waals surface area contributed by atoms with Crippen molar-refractivity contribution in [2.75, 3.05) is 19.8 Å². The van der Waals surface area contributed by atoms with Crippen molar-refractivity contribution in [1.29, 1.82) is 0 Å². The van der Waals surface area contributed by atoms with Gasteiger partial charge in [0.25, 0.3) is 0 Å². The molecule has 0 bridgehead atoms. The van der Waals surface area contributed by atoms with Crippen molar-refractivity contribution in [1.82, 2.24) is 0 Å². The molecule has 84 valence electrons. The largest absolute Gasteiger partial charge is 0.496 e. The summed E-state index contributed by atoms with van der Waals surface area (Å²) in [4.78, 5) is 9.81. The van der Waals surface area contributed by atoms with Gasteiger partial charge in [-0.1, -0.05) is 33.3 Å². The summed E-state index contributed by atoms with van der Waals surface area (Å²) in [7, 11) is 0. The topological polar surface area (TPSA) is 27.7 Å². The summed E-state index contributed by atoms with van der Waals surface area (Å²) in [5, 5.41) is 0. The Morgan fingerprint density at radius 1 is 1.00 bits per heavy atom. The average Bonchev–Trinajstić information content (AvgIpc) is 2.18. The summed E-state index contributed by atoms with van der Waals surface area (Å²) in [5.41, 5.74) is 0. The highest BCUT2D eigenvalue weighted by Crippen LogP contribution is 1.98. The molecule has 0 radical (unpaired) electrons. The molecule has 14 heavy (non-hydrogen) atoms. The van der Waals surface area contributed by atoms with Gasteiger partial charge < -0.3 is 4.74 Å². The van der Waals surface area contributed by atoms with Gasteiger partial charge in [-0.25, -0.2) is 9.78 Å². The second-order valence-corrected chi connectivity index (χ2v) is 3.18. The van der Waals surface area contributed by atoms with Crippen molar-refractivity contribution in [2.45, 2.75) is 39.5 Å². The lowest BCUT2D eigenvalue weighted by atomic mass is 10.4. The highest BCUT2D eigenvalue weighted by atomic mass is 17.2. The van der Waals surface area contributed by atoms with Crippen LogP contribution in [0.25, 0.3) is 0 Å². The van der Waals surface area contributed by atoms with E-state index < -0.39 is 0 Å². The van der Waals surface area contributed by atoms with E-state index in [2.05, 4.69) is 20.4 Å². The van der Waals surface area contributed by atoms with Gasteiger partial charge in [0, 0.05) is 0 Å². The fourth-order valence-electron chi connectivity index (χ4n) is 0.772. The van der Waals surface area contributed by atoms with Crippen molar-refractivity contribution >= 4 is 0 Å². The van der Waals surface area contributed by atoms with Crippen LogP contribution >= 0.6 is 0 Å². The van der Waals surface area contributed by atoms with Gasteiger partial charge in [-0.2, -0.15) is 0 Å². The van der Waals surface area contributed by atoms with E-state index in [0.717, 1.165) is 25.7 Å². The second-order valence-electron chi connectivity index (χ2n) is 3.18. The van der Waals surface area contributed by atoms with Crippen LogP contribution in [0, 0.1) is 0 Å². The van der Waals surface area contributed by atoms with E-state index in [1.165, 1.54) is 0 Å². The SMILES string of the molecule is C=C(COOCCCC)OCCCC. The van der Waals surface area contributed by atoms with Gasteiger partial charge in [0.05, 0.1) is 13.2 Å². The minimum atomic E-state index is 0.327. The van der Waals surface area contributed by atoms with Crippen LogP contribution in [0.2, 0.25) is 0 Å². The molecule has 0 aliphatic rings. The summed E-state index contributed by atoms with van der Waals surface area (Å²) in [6, 6.07) is 0. The predicted molar refractivity (Wildman–Crippen MR) is 56.8 cm³/mol. The molecule has 0 saturated carbocycles. The standard InChI is InChI=1S/C11H22O3/c1-4-6-8-12-11(3)10-14-13-9-7-5-2/h3-10H2,1-2H3. The van der Waals surface area contributed by atoms with E-state index in [-0.39, 0.29) is 0 Å². The Morgan fingerprint density at radius 2 is 1.64 bits per heavy atom.